The lowest BCUT2D eigenvalue weighted by molar-refractivity contribution is -0.634. The molecule has 0 amide bonds. The first-order chi connectivity index (χ1) is 17.4. The quantitative estimate of drug-likeness (QED) is 0.239. The van der Waals surface area contributed by atoms with E-state index in [4.69, 9.17) is 24.7 Å². The van der Waals surface area contributed by atoms with E-state index in [1.54, 1.807) is 0 Å². The number of hydrogen-bond donors (Lipinski definition) is 0. The molecule has 2 aromatic heterocycles. The van der Waals surface area contributed by atoms with Crippen LogP contribution in [0.5, 0.6) is 11.6 Å². The molecule has 186 valence electrons. The monoisotopic (exact) mass is 490 g/mol. The third-order valence-corrected chi connectivity index (χ3v) is 7.00. The highest BCUT2D eigenvalue weighted by Gasteiger charge is 2.33. The number of nitrogens with zero attached hydrogens (tertiary/aromatic N) is 5. The second-order valence-corrected chi connectivity index (χ2v) is 12.0. The molecule has 0 N–H and O–H groups in total. The molecule has 0 unspecified atom stereocenters. The van der Waals surface area contributed by atoms with Crippen LogP contribution in [0.3, 0.4) is 0 Å². The van der Waals surface area contributed by atoms with Crippen molar-refractivity contribution in [1.29, 1.82) is 0 Å². The van der Waals surface area contributed by atoms with Gasteiger partial charge >= 0.3 is 0 Å². The van der Waals surface area contributed by atoms with Crippen LogP contribution in [0.25, 0.3) is 44.5 Å². The van der Waals surface area contributed by atoms with E-state index in [0.29, 0.717) is 11.7 Å². The molecule has 0 fully saturated rings. The smallest absolute Gasteiger partial charge is 0.294 e. The van der Waals surface area contributed by atoms with Crippen LogP contribution >= 0.6 is 0 Å². The van der Waals surface area contributed by atoms with Crippen molar-refractivity contribution in [2.75, 3.05) is 0 Å². The van der Waals surface area contributed by atoms with Gasteiger partial charge in [-0.2, -0.15) is 9.55 Å². The Morgan fingerprint density at radius 2 is 1.43 bits per heavy atom. The SMILES string of the molecule is Cc1ccc2cccc3c2c1-c1c(nc2c(-c4nc(C(C)(C)C)nc(C(C)(C)C)n4)cccc2[n+]1C)O3. The highest BCUT2D eigenvalue weighted by atomic mass is 16.5. The molecule has 0 atom stereocenters. The second kappa shape index (κ2) is 7.78. The molecule has 0 radical (unpaired) electrons. The van der Waals surface area contributed by atoms with E-state index in [2.05, 4.69) is 84.3 Å². The first-order valence-electron chi connectivity index (χ1n) is 12.7. The second-order valence-electron chi connectivity index (χ2n) is 12.0. The Morgan fingerprint density at radius 3 is 2.11 bits per heavy atom. The zero-order valence-corrected chi connectivity index (χ0v) is 22.8. The van der Waals surface area contributed by atoms with Gasteiger partial charge in [-0.05, 0) is 30.0 Å². The summed E-state index contributed by atoms with van der Waals surface area (Å²) in [6.45, 7) is 14.9. The third kappa shape index (κ3) is 3.66. The number of aromatic nitrogens is 5. The van der Waals surface area contributed by atoms with Crippen LogP contribution < -0.4 is 9.30 Å². The maximum atomic E-state index is 6.46. The minimum atomic E-state index is -0.220. The minimum Gasteiger partial charge on any atom is -0.433 e. The standard InChI is InChI=1S/C31H32N5O/c1-17-15-16-18-11-9-14-21-23(18)22(17)25-27(37-21)32-24-19(12-10-13-20(24)36(25)8)26-33-28(30(2,3)4)35-29(34-26)31(5,6)7/h9-16H,1-8H3/q+1. The van der Waals surface area contributed by atoms with E-state index in [9.17, 15) is 0 Å². The summed E-state index contributed by atoms with van der Waals surface area (Å²) in [5.74, 6) is 3.61. The Kier molecular flexibility index (Phi) is 4.94. The molecule has 0 saturated carbocycles. The van der Waals surface area contributed by atoms with Crippen molar-refractivity contribution in [1.82, 2.24) is 19.9 Å². The molecule has 0 spiro atoms. The van der Waals surface area contributed by atoms with Gasteiger partial charge < -0.3 is 4.74 Å². The molecule has 0 bridgehead atoms. The average Bonchev–Trinajstić information content (AvgIpc) is 2.84. The van der Waals surface area contributed by atoms with Crippen molar-refractivity contribution in [2.24, 2.45) is 7.05 Å². The molecule has 1 aliphatic heterocycles. The fourth-order valence-corrected chi connectivity index (χ4v) is 4.98. The van der Waals surface area contributed by atoms with Gasteiger partial charge in [-0.25, -0.2) is 15.0 Å². The van der Waals surface area contributed by atoms with Crippen molar-refractivity contribution in [3.63, 3.8) is 0 Å². The normalized spacial score (nSPS) is 13.1. The van der Waals surface area contributed by atoms with Gasteiger partial charge in [0.15, 0.2) is 5.82 Å². The van der Waals surface area contributed by atoms with Crippen LogP contribution in [0.4, 0.5) is 0 Å². The highest BCUT2D eigenvalue weighted by molar-refractivity contribution is 6.04. The first kappa shape index (κ1) is 23.5. The number of hydrogen-bond acceptors (Lipinski definition) is 5. The van der Waals surface area contributed by atoms with Crippen LogP contribution in [0.1, 0.15) is 58.8 Å². The van der Waals surface area contributed by atoms with Gasteiger partial charge in [0.2, 0.25) is 5.52 Å². The fourth-order valence-electron chi connectivity index (χ4n) is 4.98. The maximum absolute atomic E-state index is 6.46. The molecule has 0 aliphatic carbocycles. The lowest BCUT2D eigenvalue weighted by atomic mass is 9.93. The summed E-state index contributed by atoms with van der Waals surface area (Å²) >= 11 is 0. The molecule has 3 aromatic carbocycles. The molecule has 5 aromatic rings. The van der Waals surface area contributed by atoms with Crippen LogP contribution in [0.15, 0.2) is 48.5 Å². The van der Waals surface area contributed by atoms with Gasteiger partial charge in [0.25, 0.3) is 11.6 Å². The Morgan fingerprint density at radius 1 is 0.757 bits per heavy atom. The number of aryl methyl sites for hydroxylation is 2. The summed E-state index contributed by atoms with van der Waals surface area (Å²) in [7, 11) is 2.08. The summed E-state index contributed by atoms with van der Waals surface area (Å²) in [5.41, 5.74) is 5.57. The molecule has 6 rings (SSSR count). The summed E-state index contributed by atoms with van der Waals surface area (Å²) in [4.78, 5) is 19.9. The Bertz CT molecular complexity index is 1710. The van der Waals surface area contributed by atoms with Crippen LogP contribution in [0.2, 0.25) is 0 Å². The van der Waals surface area contributed by atoms with E-state index in [1.165, 1.54) is 11.1 Å². The molecular weight excluding hydrogens is 458 g/mol. The lowest BCUT2D eigenvalue weighted by Crippen LogP contribution is -2.34. The van der Waals surface area contributed by atoms with Crippen molar-refractivity contribution in [3.05, 3.63) is 65.7 Å². The minimum absolute atomic E-state index is 0.220. The number of rotatable bonds is 1. The fraction of sp³-hybridized carbons (Fsp3) is 0.323. The van der Waals surface area contributed by atoms with Crippen LogP contribution in [-0.2, 0) is 17.9 Å². The third-order valence-electron chi connectivity index (χ3n) is 7.00. The van der Waals surface area contributed by atoms with E-state index in [-0.39, 0.29) is 10.8 Å². The van der Waals surface area contributed by atoms with Crippen LogP contribution in [-0.4, -0.2) is 19.9 Å². The predicted molar refractivity (Wildman–Crippen MR) is 147 cm³/mol. The van der Waals surface area contributed by atoms with E-state index < -0.39 is 0 Å². The van der Waals surface area contributed by atoms with Crippen molar-refractivity contribution >= 4 is 21.8 Å². The Labute approximate surface area is 217 Å². The zero-order chi connectivity index (χ0) is 26.3. The molecule has 1 aliphatic rings. The van der Waals surface area contributed by atoms with Crippen molar-refractivity contribution < 1.29 is 9.30 Å². The van der Waals surface area contributed by atoms with E-state index in [0.717, 1.165) is 50.5 Å². The highest BCUT2D eigenvalue weighted by Crippen LogP contribution is 2.46. The summed E-state index contributed by atoms with van der Waals surface area (Å²) in [5, 5.41) is 2.29. The molecule has 3 heterocycles. The Hall–Kier alpha value is -3.93. The van der Waals surface area contributed by atoms with E-state index in [1.807, 2.05) is 24.3 Å². The number of fused-ring (bicyclic) bond motifs is 3. The van der Waals surface area contributed by atoms with Crippen molar-refractivity contribution in [3.8, 4) is 34.3 Å². The lowest BCUT2D eigenvalue weighted by Gasteiger charge is -2.23. The Balaban J connectivity index is 1.66. The van der Waals surface area contributed by atoms with Gasteiger partial charge in [0, 0.05) is 22.3 Å². The van der Waals surface area contributed by atoms with Crippen molar-refractivity contribution in [2.45, 2.75) is 59.3 Å². The zero-order valence-electron chi connectivity index (χ0n) is 22.8. The summed E-state index contributed by atoms with van der Waals surface area (Å²) in [6.07, 6.45) is 0. The van der Waals surface area contributed by atoms with Gasteiger partial charge in [-0.1, -0.05) is 71.9 Å². The largest absolute Gasteiger partial charge is 0.433 e. The topological polar surface area (TPSA) is 64.7 Å². The molecule has 37 heavy (non-hydrogen) atoms. The predicted octanol–water partition coefficient (Wildman–Crippen LogP) is 6.74. The summed E-state index contributed by atoms with van der Waals surface area (Å²) < 4.78 is 8.65. The van der Waals surface area contributed by atoms with Gasteiger partial charge in [0.1, 0.15) is 30.0 Å². The number of para-hydroxylation sites is 1. The number of ether oxygens (including phenoxy) is 1. The van der Waals surface area contributed by atoms with Crippen LogP contribution in [0, 0.1) is 6.92 Å². The maximum Gasteiger partial charge on any atom is 0.294 e. The molecule has 6 nitrogen and oxygen atoms in total. The number of benzene rings is 3. The first-order valence-corrected chi connectivity index (χ1v) is 12.7. The van der Waals surface area contributed by atoms with Gasteiger partial charge in [-0.3, -0.25) is 0 Å². The molecule has 6 heteroatoms. The van der Waals surface area contributed by atoms with E-state index >= 15 is 0 Å². The van der Waals surface area contributed by atoms with Gasteiger partial charge in [-0.15, -0.1) is 0 Å². The molecular formula is C31H32N5O+. The van der Waals surface area contributed by atoms with Gasteiger partial charge in [0.05, 0.1) is 11.1 Å². The summed E-state index contributed by atoms with van der Waals surface area (Å²) in [6, 6.07) is 16.7. The average molecular weight is 491 g/mol. The molecule has 0 saturated heterocycles.